The maximum atomic E-state index is 12.7. The van der Waals surface area contributed by atoms with Crippen molar-refractivity contribution in [3.05, 3.63) is 0 Å². The Hall–Kier alpha value is -3.27. The molecular weight excluding hydrogens is 480 g/mol. The smallest absolute Gasteiger partial charge is 0.326 e. The summed E-state index contributed by atoms with van der Waals surface area (Å²) in [7, 11) is 0. The van der Waals surface area contributed by atoms with E-state index in [2.05, 4.69) is 25.9 Å². The highest BCUT2D eigenvalue weighted by atomic mass is 32.2. The first kappa shape index (κ1) is 31.7. The normalized spacial score (nSPS) is 13.0. The number of carboxylic acid groups (broad SMARTS) is 1. The monoisotopic (exact) mass is 518 g/mol. The van der Waals surface area contributed by atoms with E-state index < -0.39 is 48.4 Å². The number of nitrogens with two attached hydrogens (primary N) is 5. The zero-order chi connectivity index (χ0) is 26.8. The molecule has 0 aliphatic heterocycles. The van der Waals surface area contributed by atoms with Crippen LogP contribution in [0.2, 0.25) is 0 Å². The quantitative estimate of drug-likeness (QED) is 0.0484. The van der Waals surface area contributed by atoms with Crippen molar-refractivity contribution in [3.8, 4) is 0 Å². The van der Waals surface area contributed by atoms with E-state index in [1.807, 2.05) is 6.26 Å². The summed E-state index contributed by atoms with van der Waals surface area (Å²) in [5, 5.41) is 16.7. The second-order valence-corrected chi connectivity index (χ2v) is 8.51. The number of carbonyl (C=O) groups is 4. The summed E-state index contributed by atoms with van der Waals surface area (Å²) in [5.74, 6) is -2.70. The summed E-state index contributed by atoms with van der Waals surface area (Å²) in [5.41, 5.74) is 26.8. The lowest BCUT2D eigenvalue weighted by atomic mass is 10.1. The van der Waals surface area contributed by atoms with Gasteiger partial charge in [-0.15, -0.1) is 0 Å². The molecule has 0 aromatic heterocycles. The van der Waals surface area contributed by atoms with Gasteiger partial charge in [-0.05, 0) is 44.1 Å². The van der Waals surface area contributed by atoms with Crippen molar-refractivity contribution in [2.24, 2.45) is 38.7 Å². The Morgan fingerprint density at radius 3 is 1.94 bits per heavy atom. The van der Waals surface area contributed by atoms with Crippen LogP contribution >= 0.6 is 11.8 Å². The lowest BCUT2D eigenvalue weighted by Gasteiger charge is -2.21. The summed E-state index contributed by atoms with van der Waals surface area (Å²) in [6.07, 6.45) is 3.28. The van der Waals surface area contributed by atoms with Crippen LogP contribution in [0, 0.1) is 0 Å². The number of aliphatic carboxylic acids is 1. The summed E-state index contributed by atoms with van der Waals surface area (Å²) in [4.78, 5) is 56.3. The standard InChI is InChI=1S/C19H38N10O5S/c1-35-9-6-13(17(33)34)29-16(32)12(5-3-8-26-19(23)24)28-14(30)10-27-15(31)11(20)4-2-7-25-18(21)22/h11-13H,2-10,20H2,1H3,(H,27,31)(H,28,30)(H,29,32)(H,33,34)(H4,21,22,25)(H4,23,24,26). The van der Waals surface area contributed by atoms with Crippen LogP contribution in [-0.2, 0) is 19.2 Å². The molecule has 3 unspecified atom stereocenters. The Labute approximate surface area is 208 Å². The van der Waals surface area contributed by atoms with E-state index >= 15 is 0 Å². The number of thioether (sulfide) groups is 1. The molecule has 16 heteroatoms. The van der Waals surface area contributed by atoms with Crippen LogP contribution in [0.4, 0.5) is 0 Å². The third kappa shape index (κ3) is 16.1. The molecule has 15 nitrogen and oxygen atoms in total. The number of amides is 3. The first-order chi connectivity index (χ1) is 16.5. The average molecular weight is 519 g/mol. The fraction of sp³-hybridized carbons (Fsp3) is 0.684. The molecule has 0 saturated carbocycles. The molecule has 3 atom stereocenters. The lowest BCUT2D eigenvalue weighted by molar-refractivity contribution is -0.142. The van der Waals surface area contributed by atoms with Gasteiger partial charge in [0, 0.05) is 13.1 Å². The van der Waals surface area contributed by atoms with Crippen LogP contribution in [0.25, 0.3) is 0 Å². The van der Waals surface area contributed by atoms with Crippen molar-refractivity contribution in [3.63, 3.8) is 0 Å². The molecule has 0 aromatic rings. The van der Waals surface area contributed by atoms with E-state index in [1.54, 1.807) is 0 Å². The van der Waals surface area contributed by atoms with Gasteiger partial charge in [0.25, 0.3) is 0 Å². The number of aliphatic imine (C=N–C) groups is 2. The predicted molar refractivity (Wildman–Crippen MR) is 135 cm³/mol. The molecule has 0 saturated heterocycles. The van der Waals surface area contributed by atoms with Crippen molar-refractivity contribution in [2.45, 2.75) is 50.2 Å². The second-order valence-electron chi connectivity index (χ2n) is 7.52. The van der Waals surface area contributed by atoms with Gasteiger partial charge in [-0.25, -0.2) is 4.79 Å². The summed E-state index contributed by atoms with van der Waals surface area (Å²) in [6.45, 7) is 0.101. The highest BCUT2D eigenvalue weighted by Crippen LogP contribution is 2.04. The van der Waals surface area contributed by atoms with Gasteiger partial charge in [0.15, 0.2) is 11.9 Å². The molecule has 14 N–H and O–H groups in total. The van der Waals surface area contributed by atoms with Gasteiger partial charge in [-0.1, -0.05) is 0 Å². The molecule has 0 aromatic carbocycles. The molecule has 0 radical (unpaired) electrons. The Morgan fingerprint density at radius 2 is 1.43 bits per heavy atom. The maximum Gasteiger partial charge on any atom is 0.326 e. The van der Waals surface area contributed by atoms with Crippen LogP contribution in [0.15, 0.2) is 9.98 Å². The Bertz CT molecular complexity index is 756. The maximum absolute atomic E-state index is 12.7. The molecule has 35 heavy (non-hydrogen) atoms. The number of nitrogens with one attached hydrogen (secondary N) is 3. The zero-order valence-corrected chi connectivity index (χ0v) is 20.7. The fourth-order valence-corrected chi connectivity index (χ4v) is 3.20. The third-order valence-corrected chi connectivity index (χ3v) is 5.19. The van der Waals surface area contributed by atoms with Crippen LogP contribution in [0.5, 0.6) is 0 Å². The van der Waals surface area contributed by atoms with Crippen molar-refractivity contribution >= 4 is 47.4 Å². The largest absolute Gasteiger partial charge is 0.480 e. The van der Waals surface area contributed by atoms with E-state index in [0.717, 1.165) is 0 Å². The summed E-state index contributed by atoms with van der Waals surface area (Å²) >= 11 is 1.44. The Balaban J connectivity index is 4.92. The SMILES string of the molecule is CSCCC(NC(=O)C(CCCN=C(N)N)NC(=O)CNC(=O)C(N)CCCN=C(N)N)C(=O)O. The number of nitrogens with zero attached hydrogens (tertiary/aromatic N) is 2. The fourth-order valence-electron chi connectivity index (χ4n) is 2.73. The highest BCUT2D eigenvalue weighted by molar-refractivity contribution is 7.98. The van der Waals surface area contributed by atoms with Crippen molar-refractivity contribution in [1.82, 2.24) is 16.0 Å². The molecule has 0 aliphatic rings. The van der Waals surface area contributed by atoms with Crippen LogP contribution < -0.4 is 44.6 Å². The van der Waals surface area contributed by atoms with Gasteiger partial charge in [0.2, 0.25) is 17.7 Å². The molecule has 0 fully saturated rings. The zero-order valence-electron chi connectivity index (χ0n) is 19.9. The Morgan fingerprint density at radius 1 is 0.857 bits per heavy atom. The second kappa shape index (κ2) is 18.1. The molecular formula is C19H38N10O5S. The van der Waals surface area contributed by atoms with Gasteiger partial charge in [0.1, 0.15) is 12.1 Å². The predicted octanol–water partition coefficient (Wildman–Crippen LogP) is -3.66. The molecule has 0 aliphatic carbocycles. The number of carboxylic acids is 1. The molecule has 0 rings (SSSR count). The first-order valence-electron chi connectivity index (χ1n) is 10.9. The number of carbonyl (C=O) groups excluding carboxylic acids is 3. The van der Waals surface area contributed by atoms with E-state index in [-0.39, 0.29) is 31.3 Å². The van der Waals surface area contributed by atoms with Crippen molar-refractivity contribution in [2.75, 3.05) is 31.6 Å². The molecule has 0 heterocycles. The van der Waals surface area contributed by atoms with E-state index in [9.17, 15) is 24.3 Å². The van der Waals surface area contributed by atoms with Crippen molar-refractivity contribution < 1.29 is 24.3 Å². The van der Waals surface area contributed by atoms with E-state index in [4.69, 9.17) is 28.7 Å². The molecule has 200 valence electrons. The minimum atomic E-state index is -1.18. The summed E-state index contributed by atoms with van der Waals surface area (Å²) in [6, 6.07) is -3.04. The number of hydrogen-bond acceptors (Lipinski definition) is 8. The lowest BCUT2D eigenvalue weighted by Crippen LogP contribution is -2.53. The highest BCUT2D eigenvalue weighted by Gasteiger charge is 2.26. The van der Waals surface area contributed by atoms with Crippen molar-refractivity contribution in [1.29, 1.82) is 0 Å². The number of rotatable bonds is 18. The third-order valence-electron chi connectivity index (χ3n) is 4.55. The topological polar surface area (TPSA) is 279 Å². The van der Waals surface area contributed by atoms with Gasteiger partial charge in [0.05, 0.1) is 12.6 Å². The van der Waals surface area contributed by atoms with Gasteiger partial charge >= 0.3 is 5.97 Å². The number of guanidine groups is 2. The average Bonchev–Trinajstić information content (AvgIpc) is 2.78. The van der Waals surface area contributed by atoms with Crippen LogP contribution in [0.3, 0.4) is 0 Å². The molecule has 3 amide bonds. The van der Waals surface area contributed by atoms with E-state index in [0.29, 0.717) is 31.6 Å². The Kier molecular flexibility index (Phi) is 16.4. The van der Waals surface area contributed by atoms with Gasteiger partial charge in [-0.3, -0.25) is 24.4 Å². The minimum absolute atomic E-state index is 0.0597. The minimum Gasteiger partial charge on any atom is -0.480 e. The van der Waals surface area contributed by atoms with E-state index in [1.165, 1.54) is 11.8 Å². The van der Waals surface area contributed by atoms with Gasteiger partial charge < -0.3 is 49.7 Å². The van der Waals surface area contributed by atoms with Gasteiger partial charge in [-0.2, -0.15) is 11.8 Å². The van der Waals surface area contributed by atoms with Crippen LogP contribution in [0.1, 0.15) is 32.1 Å². The molecule has 0 spiro atoms. The summed E-state index contributed by atoms with van der Waals surface area (Å²) < 4.78 is 0. The first-order valence-corrected chi connectivity index (χ1v) is 12.3. The molecule has 0 bridgehead atoms. The number of hydrogen-bond donors (Lipinski definition) is 9. The van der Waals surface area contributed by atoms with Crippen LogP contribution in [-0.4, -0.2) is 90.5 Å².